The molecule has 0 aliphatic rings. The van der Waals surface area contributed by atoms with Gasteiger partial charge in [-0.3, -0.25) is 4.79 Å². The Morgan fingerprint density at radius 3 is 2.75 bits per heavy atom. The van der Waals surface area contributed by atoms with Crippen molar-refractivity contribution in [3.05, 3.63) is 17.0 Å². The highest BCUT2D eigenvalue weighted by atomic mass is 16.6. The van der Waals surface area contributed by atoms with Crippen LogP contribution < -0.4 is 10.6 Å². The van der Waals surface area contributed by atoms with E-state index in [0.717, 1.165) is 0 Å². The summed E-state index contributed by atoms with van der Waals surface area (Å²) in [5.41, 5.74) is 1.61. The average molecular weight is 277 g/mol. The largest absolute Gasteiger partial charge is 0.381 e. The van der Waals surface area contributed by atoms with Crippen LogP contribution in [0.25, 0.3) is 11.0 Å². The zero-order valence-corrected chi connectivity index (χ0v) is 11.2. The lowest BCUT2D eigenvalue weighted by Crippen LogP contribution is -2.31. The highest BCUT2D eigenvalue weighted by Crippen LogP contribution is 2.28. The first-order valence-corrected chi connectivity index (χ1v) is 6.23. The molecule has 0 aliphatic carbocycles. The molecular formula is C12H15N5O3. The molecule has 0 saturated carbocycles. The number of nitrogens with zero attached hydrogens (tertiary/aromatic N) is 3. The highest BCUT2D eigenvalue weighted by Gasteiger charge is 2.12. The van der Waals surface area contributed by atoms with Crippen molar-refractivity contribution < 1.29 is 9.42 Å². The van der Waals surface area contributed by atoms with E-state index in [0.29, 0.717) is 29.8 Å². The number of aromatic nitrogens is 2. The summed E-state index contributed by atoms with van der Waals surface area (Å²) in [7, 11) is 0. The first-order valence-electron chi connectivity index (χ1n) is 6.23. The lowest BCUT2D eigenvalue weighted by Gasteiger charge is -2.09. The number of amides is 1. The van der Waals surface area contributed by atoms with Gasteiger partial charge in [-0.25, -0.2) is 4.63 Å². The van der Waals surface area contributed by atoms with Gasteiger partial charge >= 0.3 is 0 Å². The summed E-state index contributed by atoms with van der Waals surface area (Å²) < 4.78 is 4.62. The molecule has 0 aliphatic heterocycles. The number of anilines is 1. The van der Waals surface area contributed by atoms with Gasteiger partial charge in [-0.15, -0.1) is 4.91 Å². The Labute approximate surface area is 114 Å². The van der Waals surface area contributed by atoms with E-state index in [9.17, 15) is 9.70 Å². The lowest BCUT2D eigenvalue weighted by molar-refractivity contribution is -0.123. The van der Waals surface area contributed by atoms with E-state index in [1.807, 2.05) is 13.8 Å². The summed E-state index contributed by atoms with van der Waals surface area (Å²) in [6.45, 7) is 4.67. The van der Waals surface area contributed by atoms with Crippen LogP contribution in [0.4, 0.5) is 11.4 Å². The lowest BCUT2D eigenvalue weighted by atomic mass is 10.2. The standard InChI is InChI=1S/C12H15N5O3/c1-7(2)12(18)14-6-5-13-8-3-4-9(15-19)11-10(8)16-20-17-11/h3-4,7,13H,5-6H2,1-2H3,(H,14,18). The van der Waals surface area contributed by atoms with Crippen molar-refractivity contribution in [2.24, 2.45) is 11.1 Å². The van der Waals surface area contributed by atoms with E-state index in [2.05, 4.69) is 30.8 Å². The number of hydrogen-bond donors (Lipinski definition) is 2. The minimum atomic E-state index is -0.0422. The van der Waals surface area contributed by atoms with Crippen LogP contribution in [0.5, 0.6) is 0 Å². The molecule has 106 valence electrons. The number of hydrogen-bond acceptors (Lipinski definition) is 7. The van der Waals surface area contributed by atoms with Gasteiger partial charge in [-0.05, 0) is 27.6 Å². The van der Waals surface area contributed by atoms with Gasteiger partial charge in [0.25, 0.3) is 0 Å². The van der Waals surface area contributed by atoms with Crippen LogP contribution in [0.3, 0.4) is 0 Å². The summed E-state index contributed by atoms with van der Waals surface area (Å²) in [5, 5.41) is 16.1. The van der Waals surface area contributed by atoms with Crippen LogP contribution in [0.1, 0.15) is 13.8 Å². The monoisotopic (exact) mass is 277 g/mol. The SMILES string of the molecule is CC(C)C(=O)NCCNc1ccc(N=O)c2nonc12. The van der Waals surface area contributed by atoms with Gasteiger partial charge in [0.15, 0.2) is 11.0 Å². The molecule has 0 spiro atoms. The van der Waals surface area contributed by atoms with Crippen molar-refractivity contribution in [1.29, 1.82) is 0 Å². The third kappa shape index (κ3) is 2.90. The number of benzene rings is 1. The van der Waals surface area contributed by atoms with E-state index in [-0.39, 0.29) is 17.5 Å². The number of rotatable bonds is 6. The van der Waals surface area contributed by atoms with E-state index >= 15 is 0 Å². The Balaban J connectivity index is 1.99. The third-order valence-corrected chi connectivity index (χ3v) is 2.76. The second-order valence-electron chi connectivity index (χ2n) is 4.56. The summed E-state index contributed by atoms with van der Waals surface area (Å²) in [6.07, 6.45) is 0. The van der Waals surface area contributed by atoms with Gasteiger partial charge in [0, 0.05) is 19.0 Å². The van der Waals surface area contributed by atoms with Crippen LogP contribution >= 0.6 is 0 Å². The van der Waals surface area contributed by atoms with Crippen molar-refractivity contribution >= 4 is 28.3 Å². The summed E-state index contributed by atoms with van der Waals surface area (Å²) in [5.74, 6) is -0.0417. The van der Waals surface area contributed by atoms with Crippen LogP contribution in [-0.4, -0.2) is 29.3 Å². The van der Waals surface area contributed by atoms with E-state index in [1.165, 1.54) is 6.07 Å². The van der Waals surface area contributed by atoms with E-state index in [1.54, 1.807) is 6.07 Å². The second-order valence-corrected chi connectivity index (χ2v) is 4.56. The first kappa shape index (κ1) is 13.9. The molecule has 1 aromatic carbocycles. The van der Waals surface area contributed by atoms with E-state index in [4.69, 9.17) is 0 Å². The van der Waals surface area contributed by atoms with Crippen molar-refractivity contribution in [2.75, 3.05) is 18.4 Å². The molecule has 8 heteroatoms. The highest BCUT2D eigenvalue weighted by molar-refractivity contribution is 5.94. The summed E-state index contributed by atoms with van der Waals surface area (Å²) in [6, 6.07) is 3.21. The zero-order valence-electron chi connectivity index (χ0n) is 11.2. The van der Waals surface area contributed by atoms with Gasteiger partial charge < -0.3 is 10.6 Å². The predicted molar refractivity (Wildman–Crippen MR) is 73.6 cm³/mol. The second kappa shape index (κ2) is 6.09. The maximum Gasteiger partial charge on any atom is 0.222 e. The minimum Gasteiger partial charge on any atom is -0.381 e. The van der Waals surface area contributed by atoms with Gasteiger partial charge in [-0.2, -0.15) is 0 Å². The molecule has 0 bridgehead atoms. The van der Waals surface area contributed by atoms with E-state index < -0.39 is 0 Å². The molecule has 8 nitrogen and oxygen atoms in total. The summed E-state index contributed by atoms with van der Waals surface area (Å²) >= 11 is 0. The third-order valence-electron chi connectivity index (χ3n) is 2.76. The molecule has 2 aromatic rings. The van der Waals surface area contributed by atoms with Crippen LogP contribution in [0, 0.1) is 10.8 Å². The number of nitroso groups, excluding NO2 is 1. The molecule has 2 N–H and O–H groups in total. The quantitative estimate of drug-likeness (QED) is 0.615. The molecule has 0 unspecified atom stereocenters. The zero-order chi connectivity index (χ0) is 14.5. The molecule has 0 radical (unpaired) electrons. The number of carbonyl (C=O) groups is 1. The maximum absolute atomic E-state index is 11.4. The van der Waals surface area contributed by atoms with Crippen LogP contribution in [0.15, 0.2) is 21.9 Å². The number of nitrogens with one attached hydrogen (secondary N) is 2. The van der Waals surface area contributed by atoms with Crippen LogP contribution in [-0.2, 0) is 4.79 Å². The Hall–Kier alpha value is -2.51. The van der Waals surface area contributed by atoms with Crippen LogP contribution in [0.2, 0.25) is 0 Å². The van der Waals surface area contributed by atoms with Gasteiger partial charge in [0.2, 0.25) is 5.91 Å². The Kier molecular flexibility index (Phi) is 4.24. The predicted octanol–water partition coefficient (Wildman–Crippen LogP) is 1.80. The molecule has 1 amide bonds. The minimum absolute atomic E-state index is 0.000512. The Bertz CT molecular complexity index is 623. The topological polar surface area (TPSA) is 109 Å². The molecule has 20 heavy (non-hydrogen) atoms. The maximum atomic E-state index is 11.4. The van der Waals surface area contributed by atoms with Crippen molar-refractivity contribution in [3.8, 4) is 0 Å². The van der Waals surface area contributed by atoms with Crippen molar-refractivity contribution in [3.63, 3.8) is 0 Å². The molecule has 2 rings (SSSR count). The fraction of sp³-hybridized carbons (Fsp3) is 0.417. The number of carbonyl (C=O) groups excluding carboxylic acids is 1. The average Bonchev–Trinajstić information content (AvgIpc) is 2.92. The molecule has 0 fully saturated rings. The van der Waals surface area contributed by atoms with Crippen molar-refractivity contribution in [1.82, 2.24) is 15.6 Å². The Morgan fingerprint density at radius 1 is 1.30 bits per heavy atom. The molecule has 0 atom stereocenters. The Morgan fingerprint density at radius 2 is 2.05 bits per heavy atom. The fourth-order valence-corrected chi connectivity index (χ4v) is 1.66. The van der Waals surface area contributed by atoms with Crippen molar-refractivity contribution in [2.45, 2.75) is 13.8 Å². The molecule has 0 saturated heterocycles. The fourth-order valence-electron chi connectivity index (χ4n) is 1.66. The van der Waals surface area contributed by atoms with Gasteiger partial charge in [0.1, 0.15) is 5.69 Å². The normalized spacial score (nSPS) is 10.8. The van der Waals surface area contributed by atoms with Gasteiger partial charge in [0.05, 0.1) is 5.69 Å². The number of fused-ring (bicyclic) bond motifs is 1. The molecule has 1 heterocycles. The first-order chi connectivity index (χ1) is 9.63. The smallest absolute Gasteiger partial charge is 0.222 e. The summed E-state index contributed by atoms with van der Waals surface area (Å²) in [4.78, 5) is 22.0. The molecular weight excluding hydrogens is 262 g/mol. The van der Waals surface area contributed by atoms with Gasteiger partial charge in [-0.1, -0.05) is 13.8 Å². The molecule has 1 aromatic heterocycles.